The number of nitrogens with one attached hydrogen (secondary N) is 1. The van der Waals surface area contributed by atoms with E-state index in [-0.39, 0.29) is 11.5 Å². The molecule has 0 amide bonds. The van der Waals surface area contributed by atoms with Gasteiger partial charge < -0.3 is 10.1 Å². The van der Waals surface area contributed by atoms with Crippen LogP contribution in [0.5, 0.6) is 5.75 Å². The Morgan fingerprint density at radius 3 is 2.22 bits per heavy atom. The maximum atomic E-state index is 12.0. The van der Waals surface area contributed by atoms with Crippen molar-refractivity contribution >= 4 is 23.1 Å². The summed E-state index contributed by atoms with van der Waals surface area (Å²) < 4.78 is 39.8. The maximum Gasteiger partial charge on any atom is 0.573 e. The fourth-order valence-corrected chi connectivity index (χ4v) is 1.80. The van der Waals surface area contributed by atoms with Crippen LogP contribution in [-0.4, -0.2) is 12.1 Å². The summed E-state index contributed by atoms with van der Waals surface area (Å²) in [5.41, 5.74) is 0.987. The fraction of sp³-hybridized carbons (Fsp3) is 0.0625. The first-order valence-corrected chi connectivity index (χ1v) is 6.80. The van der Waals surface area contributed by atoms with Crippen molar-refractivity contribution in [2.45, 2.75) is 6.36 Å². The minimum atomic E-state index is -4.72. The first-order valence-electron chi connectivity index (χ1n) is 6.42. The summed E-state index contributed by atoms with van der Waals surface area (Å²) >= 11 is 5.73. The summed E-state index contributed by atoms with van der Waals surface area (Å²) in [6.07, 6.45) is -2.01. The Bertz CT molecular complexity index is 695. The molecule has 2 rings (SSSR count). The van der Waals surface area contributed by atoms with E-state index in [1.54, 1.807) is 24.3 Å². The number of alkyl halides is 3. The van der Waals surface area contributed by atoms with Gasteiger partial charge in [-0.1, -0.05) is 11.6 Å². The molecule has 0 bridgehead atoms. The van der Waals surface area contributed by atoms with E-state index in [4.69, 9.17) is 11.6 Å². The van der Waals surface area contributed by atoms with Crippen LogP contribution in [0.3, 0.4) is 0 Å². The summed E-state index contributed by atoms with van der Waals surface area (Å²) in [5, 5.41) is 3.31. The average molecular weight is 342 g/mol. The van der Waals surface area contributed by atoms with Gasteiger partial charge in [0.15, 0.2) is 5.78 Å². The van der Waals surface area contributed by atoms with Crippen LogP contribution in [0.25, 0.3) is 0 Å². The lowest BCUT2D eigenvalue weighted by Gasteiger charge is -2.09. The summed E-state index contributed by atoms with van der Waals surface area (Å²) in [7, 11) is 0. The number of rotatable bonds is 5. The van der Waals surface area contributed by atoms with E-state index >= 15 is 0 Å². The Balaban J connectivity index is 1.92. The molecule has 0 saturated heterocycles. The number of allylic oxidation sites excluding steroid dienone is 1. The lowest BCUT2D eigenvalue weighted by molar-refractivity contribution is -0.274. The highest BCUT2D eigenvalue weighted by Crippen LogP contribution is 2.23. The van der Waals surface area contributed by atoms with E-state index in [9.17, 15) is 18.0 Å². The Hall–Kier alpha value is -2.47. The molecule has 0 spiro atoms. The second-order valence-corrected chi connectivity index (χ2v) is 4.86. The predicted octanol–water partition coefficient (Wildman–Crippen LogP) is 5.05. The summed E-state index contributed by atoms with van der Waals surface area (Å²) in [6.45, 7) is 0. The Kier molecular flexibility index (Phi) is 5.28. The molecule has 0 saturated carbocycles. The van der Waals surface area contributed by atoms with Crippen molar-refractivity contribution in [2.24, 2.45) is 0 Å². The molecule has 0 aliphatic carbocycles. The van der Waals surface area contributed by atoms with E-state index in [0.29, 0.717) is 16.3 Å². The van der Waals surface area contributed by atoms with Gasteiger partial charge >= 0.3 is 6.36 Å². The van der Waals surface area contributed by atoms with E-state index in [0.717, 1.165) is 0 Å². The van der Waals surface area contributed by atoms with E-state index in [1.807, 2.05) is 0 Å². The van der Waals surface area contributed by atoms with Gasteiger partial charge in [-0.25, -0.2) is 0 Å². The highest BCUT2D eigenvalue weighted by Gasteiger charge is 2.30. The molecule has 2 aromatic carbocycles. The zero-order valence-corrected chi connectivity index (χ0v) is 12.4. The molecule has 0 heterocycles. The van der Waals surface area contributed by atoms with Crippen molar-refractivity contribution in [3.8, 4) is 5.75 Å². The molecule has 2 aromatic rings. The lowest BCUT2D eigenvalue weighted by Crippen LogP contribution is -2.16. The average Bonchev–Trinajstić information content (AvgIpc) is 2.48. The van der Waals surface area contributed by atoms with E-state index < -0.39 is 6.36 Å². The SMILES string of the molecule is O=C(/C=C\Nc1ccc(OC(F)(F)F)cc1)c1ccc(Cl)cc1. The Morgan fingerprint density at radius 1 is 1.04 bits per heavy atom. The molecule has 0 aromatic heterocycles. The number of ketones is 1. The van der Waals surface area contributed by atoms with E-state index in [2.05, 4.69) is 10.1 Å². The van der Waals surface area contributed by atoms with Crippen LogP contribution >= 0.6 is 11.6 Å². The van der Waals surface area contributed by atoms with Crippen LogP contribution in [0.2, 0.25) is 5.02 Å². The molecule has 0 fully saturated rings. The summed E-state index contributed by atoms with van der Waals surface area (Å²) in [6, 6.07) is 11.5. The van der Waals surface area contributed by atoms with Crippen molar-refractivity contribution in [3.05, 3.63) is 71.4 Å². The van der Waals surface area contributed by atoms with Crippen LogP contribution in [0.15, 0.2) is 60.8 Å². The highest BCUT2D eigenvalue weighted by atomic mass is 35.5. The van der Waals surface area contributed by atoms with Gasteiger partial charge in [-0.05, 0) is 48.5 Å². The van der Waals surface area contributed by atoms with Crippen LogP contribution in [0.4, 0.5) is 18.9 Å². The van der Waals surface area contributed by atoms with Gasteiger partial charge in [0.1, 0.15) is 5.75 Å². The fourth-order valence-electron chi connectivity index (χ4n) is 1.68. The number of halogens is 4. The summed E-state index contributed by atoms with van der Waals surface area (Å²) in [5.74, 6) is -0.546. The second kappa shape index (κ2) is 7.19. The number of carbonyl (C=O) groups is 1. The number of anilines is 1. The van der Waals surface area contributed by atoms with Crippen molar-refractivity contribution in [3.63, 3.8) is 0 Å². The van der Waals surface area contributed by atoms with Crippen LogP contribution in [-0.2, 0) is 0 Å². The minimum Gasteiger partial charge on any atom is -0.406 e. The number of hydrogen-bond donors (Lipinski definition) is 1. The van der Waals surface area contributed by atoms with Crippen molar-refractivity contribution in [1.82, 2.24) is 0 Å². The Morgan fingerprint density at radius 2 is 1.65 bits per heavy atom. The van der Waals surface area contributed by atoms with Gasteiger partial charge in [0, 0.05) is 28.5 Å². The maximum absolute atomic E-state index is 12.0. The third-order valence-corrected chi connectivity index (χ3v) is 2.95. The molecule has 0 aliphatic heterocycles. The minimum absolute atomic E-state index is 0.230. The quantitative estimate of drug-likeness (QED) is 0.611. The molecule has 120 valence electrons. The van der Waals surface area contributed by atoms with Crippen molar-refractivity contribution < 1.29 is 22.7 Å². The zero-order valence-electron chi connectivity index (χ0n) is 11.6. The second-order valence-electron chi connectivity index (χ2n) is 4.42. The third-order valence-electron chi connectivity index (χ3n) is 2.70. The topological polar surface area (TPSA) is 38.3 Å². The van der Waals surface area contributed by atoms with Gasteiger partial charge in [-0.3, -0.25) is 4.79 Å². The molecule has 0 aliphatic rings. The molecule has 0 unspecified atom stereocenters. The molecule has 0 radical (unpaired) electrons. The van der Waals surface area contributed by atoms with Gasteiger partial charge in [0.2, 0.25) is 0 Å². The number of ether oxygens (including phenoxy) is 1. The van der Waals surface area contributed by atoms with Crippen LogP contribution < -0.4 is 10.1 Å². The number of hydrogen-bond acceptors (Lipinski definition) is 3. The standard InChI is InChI=1S/C16H11ClF3NO2/c17-12-3-1-11(2-4-12)15(22)9-10-21-13-5-7-14(8-6-13)23-16(18,19)20/h1-10,21H/b10-9-. The lowest BCUT2D eigenvalue weighted by atomic mass is 10.1. The molecule has 23 heavy (non-hydrogen) atoms. The van der Waals surface area contributed by atoms with Crippen molar-refractivity contribution in [2.75, 3.05) is 5.32 Å². The molecule has 3 nitrogen and oxygen atoms in total. The molecular weight excluding hydrogens is 331 g/mol. The highest BCUT2D eigenvalue weighted by molar-refractivity contribution is 6.30. The van der Waals surface area contributed by atoms with Gasteiger partial charge in [-0.2, -0.15) is 0 Å². The number of benzene rings is 2. The summed E-state index contributed by atoms with van der Waals surface area (Å²) in [4.78, 5) is 11.8. The monoisotopic (exact) mass is 341 g/mol. The predicted molar refractivity (Wildman–Crippen MR) is 81.7 cm³/mol. The van der Waals surface area contributed by atoms with Crippen LogP contribution in [0.1, 0.15) is 10.4 Å². The molecule has 0 atom stereocenters. The first kappa shape index (κ1) is 16.9. The normalized spacial score (nSPS) is 11.5. The van der Waals surface area contributed by atoms with Crippen LogP contribution in [0, 0.1) is 0 Å². The largest absolute Gasteiger partial charge is 0.573 e. The van der Waals surface area contributed by atoms with Crippen molar-refractivity contribution in [1.29, 1.82) is 0 Å². The van der Waals surface area contributed by atoms with Gasteiger partial charge in [-0.15, -0.1) is 13.2 Å². The smallest absolute Gasteiger partial charge is 0.406 e. The zero-order chi connectivity index (χ0) is 16.9. The van der Waals surface area contributed by atoms with Gasteiger partial charge in [0.25, 0.3) is 0 Å². The van der Waals surface area contributed by atoms with E-state index in [1.165, 1.54) is 36.5 Å². The molecule has 7 heteroatoms. The van der Waals surface area contributed by atoms with Gasteiger partial charge in [0.05, 0.1) is 0 Å². The molecule has 1 N–H and O–H groups in total. The number of carbonyl (C=O) groups excluding carboxylic acids is 1. The Labute approximate surface area is 135 Å². The first-order chi connectivity index (χ1) is 10.8. The third kappa shape index (κ3) is 5.67. The molecular formula is C16H11ClF3NO2.